The maximum Gasteiger partial charge on any atom is 0.0364 e. The lowest BCUT2D eigenvalue weighted by Gasteiger charge is -2.28. The van der Waals surface area contributed by atoms with Gasteiger partial charge in [-0.3, -0.25) is 0 Å². The van der Waals surface area contributed by atoms with Gasteiger partial charge in [-0.05, 0) is 25.6 Å². The Balaban J connectivity index is 0.00000169. The van der Waals surface area contributed by atoms with E-state index in [1.165, 1.54) is 5.56 Å². The summed E-state index contributed by atoms with van der Waals surface area (Å²) in [6.45, 7) is 4.52. The van der Waals surface area contributed by atoms with Gasteiger partial charge in [0.2, 0.25) is 0 Å². The normalized spacial score (nSPS) is 12.7. The third-order valence-corrected chi connectivity index (χ3v) is 2.33. The van der Waals surface area contributed by atoms with Gasteiger partial charge in [0.1, 0.15) is 0 Å². The molecule has 0 heterocycles. The van der Waals surface area contributed by atoms with Gasteiger partial charge in [0, 0.05) is 6.04 Å². The molecule has 1 rings (SSSR count). The van der Waals surface area contributed by atoms with Gasteiger partial charge in [-0.25, -0.2) is 0 Å². The summed E-state index contributed by atoms with van der Waals surface area (Å²) >= 11 is 0. The monoisotopic (exact) mass is 213 g/mol. The average Bonchev–Trinajstić information content (AvgIpc) is 2.04. The zero-order chi connectivity index (χ0) is 9.84. The van der Waals surface area contributed by atoms with Crippen molar-refractivity contribution >= 4 is 12.4 Å². The minimum atomic E-state index is 0. The Hall–Kier alpha value is -0.530. The molecule has 0 amide bonds. The Labute approximate surface area is 93.5 Å². The maximum absolute atomic E-state index is 2.28. The van der Waals surface area contributed by atoms with E-state index in [1.807, 2.05) is 0 Å². The lowest BCUT2D eigenvalue weighted by atomic mass is 9.95. The summed E-state index contributed by atoms with van der Waals surface area (Å²) in [6.07, 6.45) is 0. The first kappa shape index (κ1) is 13.5. The van der Waals surface area contributed by atoms with Crippen LogP contribution in [0.2, 0.25) is 0 Å². The quantitative estimate of drug-likeness (QED) is 0.744. The molecule has 1 atom stereocenters. The summed E-state index contributed by atoms with van der Waals surface area (Å²) in [6, 6.07) is 11.2. The summed E-state index contributed by atoms with van der Waals surface area (Å²) in [5.74, 6) is 0.650. The number of nitrogens with zero attached hydrogens (tertiary/aromatic N) is 1. The predicted octanol–water partition coefficient (Wildman–Crippen LogP) is 3.37. The number of hydrogen-bond donors (Lipinski definition) is 0. The van der Waals surface area contributed by atoms with Gasteiger partial charge in [0.05, 0.1) is 0 Å². The second-order valence-corrected chi connectivity index (χ2v) is 4.06. The average molecular weight is 214 g/mol. The molecule has 1 unspecified atom stereocenters. The van der Waals surface area contributed by atoms with E-state index >= 15 is 0 Å². The molecule has 2 heteroatoms. The molecule has 0 saturated carbocycles. The maximum atomic E-state index is 2.28. The first-order valence-electron chi connectivity index (χ1n) is 4.84. The Bertz CT molecular complexity index is 236. The van der Waals surface area contributed by atoms with Crippen LogP contribution < -0.4 is 0 Å². The van der Waals surface area contributed by atoms with Crippen molar-refractivity contribution < 1.29 is 0 Å². The second kappa shape index (κ2) is 6.05. The van der Waals surface area contributed by atoms with Crippen LogP contribution in [0.5, 0.6) is 0 Å². The van der Waals surface area contributed by atoms with Crippen LogP contribution in [0.4, 0.5) is 0 Å². The molecule has 1 nitrogen and oxygen atoms in total. The van der Waals surface area contributed by atoms with Gasteiger partial charge >= 0.3 is 0 Å². The molecule has 1 aromatic rings. The first-order valence-corrected chi connectivity index (χ1v) is 4.84. The molecule has 0 aliphatic rings. The van der Waals surface area contributed by atoms with E-state index in [0.717, 1.165) is 0 Å². The SMILES string of the molecule is CC(C)C(c1ccccc1)N(C)C.Cl. The topological polar surface area (TPSA) is 3.24 Å². The fraction of sp³-hybridized carbons (Fsp3) is 0.500. The van der Waals surface area contributed by atoms with Crippen molar-refractivity contribution in [2.45, 2.75) is 19.9 Å². The van der Waals surface area contributed by atoms with Crippen molar-refractivity contribution in [3.05, 3.63) is 35.9 Å². The van der Waals surface area contributed by atoms with Crippen molar-refractivity contribution in [3.8, 4) is 0 Å². The second-order valence-electron chi connectivity index (χ2n) is 4.06. The van der Waals surface area contributed by atoms with Gasteiger partial charge in [-0.15, -0.1) is 12.4 Å². The Kier molecular flexibility index (Phi) is 5.82. The van der Waals surface area contributed by atoms with Crippen molar-refractivity contribution in [2.24, 2.45) is 5.92 Å². The van der Waals surface area contributed by atoms with E-state index < -0.39 is 0 Å². The third-order valence-electron chi connectivity index (χ3n) is 2.33. The van der Waals surface area contributed by atoms with Crippen molar-refractivity contribution in [2.75, 3.05) is 14.1 Å². The zero-order valence-electron chi connectivity index (χ0n) is 9.40. The van der Waals surface area contributed by atoms with Crippen LogP contribution in [0.25, 0.3) is 0 Å². The molecule has 14 heavy (non-hydrogen) atoms. The molecule has 0 fully saturated rings. The summed E-state index contributed by atoms with van der Waals surface area (Å²) in [5, 5.41) is 0. The Morgan fingerprint density at radius 1 is 1.00 bits per heavy atom. The van der Waals surface area contributed by atoms with Crippen LogP contribution >= 0.6 is 12.4 Å². The van der Waals surface area contributed by atoms with E-state index in [4.69, 9.17) is 0 Å². The highest BCUT2D eigenvalue weighted by atomic mass is 35.5. The number of rotatable bonds is 3. The lowest BCUT2D eigenvalue weighted by molar-refractivity contribution is 0.235. The minimum absolute atomic E-state index is 0. The van der Waals surface area contributed by atoms with E-state index in [1.54, 1.807) is 0 Å². The fourth-order valence-corrected chi connectivity index (χ4v) is 1.93. The van der Waals surface area contributed by atoms with Gasteiger partial charge < -0.3 is 4.90 Å². The van der Waals surface area contributed by atoms with Crippen LogP contribution in [0.15, 0.2) is 30.3 Å². The highest BCUT2D eigenvalue weighted by Crippen LogP contribution is 2.25. The van der Waals surface area contributed by atoms with Crippen LogP contribution in [-0.4, -0.2) is 19.0 Å². The highest BCUT2D eigenvalue weighted by molar-refractivity contribution is 5.85. The Morgan fingerprint density at radius 3 is 1.86 bits per heavy atom. The summed E-state index contributed by atoms with van der Waals surface area (Å²) < 4.78 is 0. The van der Waals surface area contributed by atoms with Gasteiger partial charge in [-0.1, -0.05) is 44.2 Å². The molecule has 0 radical (unpaired) electrons. The molecule has 1 aromatic carbocycles. The van der Waals surface area contributed by atoms with Gasteiger partial charge in [-0.2, -0.15) is 0 Å². The summed E-state index contributed by atoms with van der Waals surface area (Å²) in [7, 11) is 4.27. The molecule has 0 bridgehead atoms. The minimum Gasteiger partial charge on any atom is -0.302 e. The number of hydrogen-bond acceptors (Lipinski definition) is 1. The predicted molar refractivity (Wildman–Crippen MR) is 65.0 cm³/mol. The van der Waals surface area contributed by atoms with E-state index in [9.17, 15) is 0 Å². The summed E-state index contributed by atoms with van der Waals surface area (Å²) in [4.78, 5) is 2.28. The smallest absolute Gasteiger partial charge is 0.0364 e. The van der Waals surface area contributed by atoms with Gasteiger partial charge in [0.25, 0.3) is 0 Å². The highest BCUT2D eigenvalue weighted by Gasteiger charge is 2.16. The Morgan fingerprint density at radius 2 is 1.50 bits per heavy atom. The van der Waals surface area contributed by atoms with Crippen molar-refractivity contribution in [3.63, 3.8) is 0 Å². The molecule has 0 saturated heterocycles. The molecule has 0 spiro atoms. The molecular formula is C12H20ClN. The lowest BCUT2D eigenvalue weighted by Crippen LogP contribution is -2.24. The van der Waals surface area contributed by atoms with Crippen LogP contribution in [0.3, 0.4) is 0 Å². The van der Waals surface area contributed by atoms with Crippen LogP contribution in [-0.2, 0) is 0 Å². The fourth-order valence-electron chi connectivity index (χ4n) is 1.93. The van der Waals surface area contributed by atoms with Crippen LogP contribution in [0.1, 0.15) is 25.5 Å². The van der Waals surface area contributed by atoms with Crippen molar-refractivity contribution in [1.29, 1.82) is 0 Å². The van der Waals surface area contributed by atoms with Crippen LogP contribution in [0, 0.1) is 5.92 Å². The molecule has 0 N–H and O–H groups in total. The standard InChI is InChI=1S/C12H19N.ClH/c1-10(2)12(13(3)4)11-8-6-5-7-9-11;/h5-10,12H,1-4H3;1H. The molecular weight excluding hydrogens is 194 g/mol. The molecule has 0 aliphatic carbocycles. The largest absolute Gasteiger partial charge is 0.302 e. The van der Waals surface area contributed by atoms with Crippen molar-refractivity contribution in [1.82, 2.24) is 4.90 Å². The van der Waals surface area contributed by atoms with E-state index in [0.29, 0.717) is 12.0 Å². The third kappa shape index (κ3) is 3.32. The zero-order valence-corrected chi connectivity index (χ0v) is 10.2. The summed E-state index contributed by atoms with van der Waals surface area (Å²) in [5.41, 5.74) is 1.41. The number of halogens is 1. The number of benzene rings is 1. The molecule has 80 valence electrons. The van der Waals surface area contributed by atoms with Gasteiger partial charge in [0.15, 0.2) is 0 Å². The molecule has 0 aromatic heterocycles. The first-order chi connectivity index (χ1) is 6.13. The molecule has 0 aliphatic heterocycles. The van der Waals surface area contributed by atoms with E-state index in [-0.39, 0.29) is 12.4 Å². The van der Waals surface area contributed by atoms with E-state index in [2.05, 4.69) is 63.2 Å².